The molecule has 1 aromatic heterocycles. The lowest BCUT2D eigenvalue weighted by Crippen LogP contribution is -2.49. The second-order valence-corrected chi connectivity index (χ2v) is 7.43. The SMILES string of the molecule is CC1=C2C=C(Sc3ccccc3)C=[N+]2[B-](F)(F)n2c(C)cc(C)c21. The van der Waals surface area contributed by atoms with Crippen LogP contribution in [0.4, 0.5) is 8.63 Å². The molecular weight excluding hydrogens is 325 g/mol. The van der Waals surface area contributed by atoms with Crippen molar-refractivity contribution in [2.45, 2.75) is 25.7 Å². The lowest BCUT2D eigenvalue weighted by molar-refractivity contribution is -0.356. The minimum absolute atomic E-state index is 0.600. The maximum absolute atomic E-state index is 15.2. The smallest absolute Gasteiger partial charge is 0.394 e. The highest BCUT2D eigenvalue weighted by Gasteiger charge is 2.52. The molecule has 4 rings (SSSR count). The van der Waals surface area contributed by atoms with Gasteiger partial charge in [0.1, 0.15) is 6.21 Å². The summed E-state index contributed by atoms with van der Waals surface area (Å²) >= 11 is 1.51. The lowest BCUT2D eigenvalue weighted by Gasteiger charge is -2.31. The molecule has 2 nitrogen and oxygen atoms in total. The number of halogens is 2. The summed E-state index contributed by atoms with van der Waals surface area (Å²) in [5, 5.41) is 0. The maximum atomic E-state index is 15.2. The number of aromatic nitrogens is 1. The highest BCUT2D eigenvalue weighted by molar-refractivity contribution is 8.04. The maximum Gasteiger partial charge on any atom is 0.737 e. The summed E-state index contributed by atoms with van der Waals surface area (Å²) in [5.74, 6) is 0. The van der Waals surface area contributed by atoms with Crippen LogP contribution < -0.4 is 0 Å². The number of fused-ring (bicyclic) bond motifs is 2. The molecule has 0 fully saturated rings. The van der Waals surface area contributed by atoms with Crippen molar-refractivity contribution in [3.05, 3.63) is 70.0 Å². The molecule has 0 radical (unpaired) electrons. The van der Waals surface area contributed by atoms with Gasteiger partial charge in [0.2, 0.25) is 0 Å². The number of thioether (sulfide) groups is 1. The zero-order valence-corrected chi connectivity index (χ0v) is 14.6. The summed E-state index contributed by atoms with van der Waals surface area (Å²) in [6, 6.07) is 11.7. The lowest BCUT2D eigenvalue weighted by atomic mass is 9.88. The monoisotopic (exact) mass is 342 g/mol. The molecule has 0 unspecified atom stereocenters. The Morgan fingerprint density at radius 2 is 1.79 bits per heavy atom. The van der Waals surface area contributed by atoms with Crippen molar-refractivity contribution in [1.82, 2.24) is 4.48 Å². The molecule has 24 heavy (non-hydrogen) atoms. The van der Waals surface area contributed by atoms with Crippen LogP contribution in [0.3, 0.4) is 0 Å². The zero-order chi connectivity index (χ0) is 17.1. The second-order valence-electron chi connectivity index (χ2n) is 6.28. The van der Waals surface area contributed by atoms with Crippen LogP contribution in [0.2, 0.25) is 0 Å². The Bertz CT molecular complexity index is 939. The molecule has 0 saturated heterocycles. The first-order chi connectivity index (χ1) is 11.4. The summed E-state index contributed by atoms with van der Waals surface area (Å²) in [4.78, 5) is 1.87. The number of aryl methyl sites for hydroxylation is 2. The first-order valence-corrected chi connectivity index (χ1v) is 8.71. The van der Waals surface area contributed by atoms with Gasteiger partial charge >= 0.3 is 6.97 Å². The Labute approximate surface area is 144 Å². The van der Waals surface area contributed by atoms with Crippen LogP contribution in [0, 0.1) is 13.8 Å². The standard InChI is InChI=1S/C18H17BF2N2S/c1-12-9-13(2)23-18(12)14(3)17-10-16(11-22(17)19(23,20)21)24-15-7-5-4-6-8-15/h4-11H,1-3H3. The van der Waals surface area contributed by atoms with Gasteiger partial charge in [0, 0.05) is 22.2 Å². The van der Waals surface area contributed by atoms with E-state index in [1.807, 2.05) is 56.3 Å². The zero-order valence-electron chi connectivity index (χ0n) is 13.8. The van der Waals surface area contributed by atoms with Gasteiger partial charge in [-0.3, -0.25) is 0 Å². The molecule has 0 N–H and O–H groups in total. The average Bonchev–Trinajstić information content (AvgIpc) is 3.09. The van der Waals surface area contributed by atoms with Gasteiger partial charge in [-0.1, -0.05) is 30.0 Å². The third kappa shape index (κ3) is 2.13. The molecule has 6 heteroatoms. The van der Waals surface area contributed by atoms with E-state index in [4.69, 9.17) is 0 Å². The molecule has 0 aliphatic carbocycles. The van der Waals surface area contributed by atoms with Crippen LogP contribution >= 0.6 is 11.8 Å². The van der Waals surface area contributed by atoms with Crippen molar-refractivity contribution < 1.29 is 13.1 Å². The fourth-order valence-corrected chi connectivity index (χ4v) is 4.53. The van der Waals surface area contributed by atoms with E-state index in [-0.39, 0.29) is 0 Å². The largest absolute Gasteiger partial charge is 0.737 e. The summed E-state index contributed by atoms with van der Waals surface area (Å²) < 4.78 is 32.7. The van der Waals surface area contributed by atoms with Gasteiger partial charge in [-0.25, -0.2) is 0 Å². The number of rotatable bonds is 2. The molecule has 0 spiro atoms. The Balaban J connectivity index is 1.84. The molecule has 122 valence electrons. The van der Waals surface area contributed by atoms with Crippen LogP contribution in [0.25, 0.3) is 5.57 Å². The minimum Gasteiger partial charge on any atom is -0.394 e. The van der Waals surface area contributed by atoms with Crippen LogP contribution in [-0.2, 0) is 0 Å². The number of allylic oxidation sites excluding steroid dienone is 3. The van der Waals surface area contributed by atoms with Crippen molar-refractivity contribution in [2.75, 3.05) is 0 Å². The Hall–Kier alpha value is -2.08. The quantitative estimate of drug-likeness (QED) is 0.709. The predicted octanol–water partition coefficient (Wildman–Crippen LogP) is 4.85. The molecule has 0 bridgehead atoms. The van der Waals surface area contributed by atoms with E-state index in [0.717, 1.165) is 25.4 Å². The summed E-state index contributed by atoms with van der Waals surface area (Å²) in [6.07, 6.45) is 3.45. The number of benzene rings is 1. The second kappa shape index (κ2) is 5.21. The predicted molar refractivity (Wildman–Crippen MR) is 96.6 cm³/mol. The summed E-state index contributed by atoms with van der Waals surface area (Å²) in [7, 11) is 0. The molecule has 0 atom stereocenters. The van der Waals surface area contributed by atoms with E-state index in [9.17, 15) is 0 Å². The van der Waals surface area contributed by atoms with E-state index < -0.39 is 6.97 Å². The fourth-order valence-electron chi connectivity index (χ4n) is 3.63. The first-order valence-electron chi connectivity index (χ1n) is 7.89. The highest BCUT2D eigenvalue weighted by Crippen LogP contribution is 2.40. The van der Waals surface area contributed by atoms with Crippen molar-refractivity contribution in [1.29, 1.82) is 0 Å². The number of hydrogen-bond donors (Lipinski definition) is 0. The van der Waals surface area contributed by atoms with Crippen molar-refractivity contribution in [3.63, 3.8) is 0 Å². The first kappa shape index (κ1) is 15.5. The molecule has 1 aromatic carbocycles. The minimum atomic E-state index is -3.86. The van der Waals surface area contributed by atoms with E-state index in [0.29, 0.717) is 17.1 Å². The van der Waals surface area contributed by atoms with Gasteiger partial charge in [-0.15, -0.1) is 0 Å². The van der Waals surface area contributed by atoms with Crippen LogP contribution in [-0.4, -0.2) is 22.1 Å². The summed E-state index contributed by atoms with van der Waals surface area (Å²) in [5.41, 5.74) is 3.65. The molecule has 2 aromatic rings. The third-order valence-electron chi connectivity index (χ3n) is 4.61. The number of hydrogen-bond acceptors (Lipinski definition) is 1. The Morgan fingerprint density at radius 3 is 2.50 bits per heavy atom. The van der Waals surface area contributed by atoms with E-state index in [1.165, 1.54) is 16.2 Å². The normalized spacial score (nSPS) is 18.2. The number of nitrogens with zero attached hydrogens (tertiary/aromatic N) is 2. The topological polar surface area (TPSA) is 7.94 Å². The summed E-state index contributed by atoms with van der Waals surface area (Å²) in [6.45, 7) is 1.70. The fraction of sp³-hybridized carbons (Fsp3) is 0.167. The van der Waals surface area contributed by atoms with Gasteiger partial charge in [0.15, 0.2) is 5.70 Å². The van der Waals surface area contributed by atoms with Crippen LogP contribution in [0.1, 0.15) is 23.9 Å². The molecule has 0 amide bonds. The molecule has 2 aliphatic heterocycles. The van der Waals surface area contributed by atoms with Crippen LogP contribution in [0.15, 0.2) is 58.0 Å². The van der Waals surface area contributed by atoms with Gasteiger partial charge in [-0.05, 0) is 50.2 Å². The third-order valence-corrected chi connectivity index (χ3v) is 5.57. The van der Waals surface area contributed by atoms with Gasteiger partial charge in [0.05, 0.1) is 4.91 Å². The van der Waals surface area contributed by atoms with E-state index in [2.05, 4.69) is 0 Å². The molecule has 3 heterocycles. The van der Waals surface area contributed by atoms with Gasteiger partial charge in [0.25, 0.3) is 0 Å². The molecule has 0 saturated carbocycles. The van der Waals surface area contributed by atoms with E-state index >= 15 is 8.63 Å². The Kier molecular flexibility index (Phi) is 3.36. The van der Waals surface area contributed by atoms with E-state index in [1.54, 1.807) is 13.1 Å². The van der Waals surface area contributed by atoms with Crippen molar-refractivity contribution in [2.24, 2.45) is 0 Å². The van der Waals surface area contributed by atoms with Gasteiger partial charge < -0.3 is 17.6 Å². The van der Waals surface area contributed by atoms with Crippen LogP contribution in [0.5, 0.6) is 0 Å². The average molecular weight is 342 g/mol. The highest BCUT2D eigenvalue weighted by atomic mass is 32.2. The van der Waals surface area contributed by atoms with Crippen molar-refractivity contribution in [3.8, 4) is 0 Å². The van der Waals surface area contributed by atoms with Gasteiger partial charge in [-0.2, -0.15) is 0 Å². The molecular formula is C18H17BF2N2S. The van der Waals surface area contributed by atoms with Crippen molar-refractivity contribution >= 4 is 30.5 Å². The molecule has 2 aliphatic rings. The Morgan fingerprint density at radius 1 is 1.08 bits per heavy atom.